The minimum Gasteiger partial charge on any atom is -0.465 e. The van der Waals surface area contributed by atoms with E-state index in [0.717, 1.165) is 21.6 Å². The Bertz CT molecular complexity index is 981. The standard InChI is InChI=1S/C22H25F3N4O3/c1-27-13-17(11-26-27)15-2-4-16(5-3-15)18-10-19(18)29(20(30)22(23,24)25)12-14-6-8-28(9-7-14)21(31)32/h2-5,11,13-14,18-19H,6-10,12H2,1H3,(H,31,32)/t18-,19+/m0/s1. The minimum atomic E-state index is -4.93. The highest BCUT2D eigenvalue weighted by atomic mass is 19.4. The first-order valence-electron chi connectivity index (χ1n) is 10.6. The van der Waals surface area contributed by atoms with E-state index in [-0.39, 0.29) is 31.5 Å². The summed E-state index contributed by atoms with van der Waals surface area (Å²) in [6.45, 7) is 0.552. The third kappa shape index (κ3) is 4.73. The number of rotatable bonds is 5. The van der Waals surface area contributed by atoms with E-state index in [2.05, 4.69) is 5.10 Å². The van der Waals surface area contributed by atoms with Crippen LogP contribution in [0.3, 0.4) is 0 Å². The fourth-order valence-corrected chi connectivity index (χ4v) is 4.49. The van der Waals surface area contributed by atoms with E-state index in [1.807, 2.05) is 37.5 Å². The van der Waals surface area contributed by atoms with Crippen molar-refractivity contribution in [2.24, 2.45) is 13.0 Å². The second-order valence-corrected chi connectivity index (χ2v) is 8.60. The number of aryl methyl sites for hydroxylation is 1. The molecule has 1 saturated carbocycles. The topological polar surface area (TPSA) is 78.7 Å². The lowest BCUT2D eigenvalue weighted by Gasteiger charge is -2.34. The van der Waals surface area contributed by atoms with E-state index in [0.29, 0.717) is 19.3 Å². The molecular formula is C22H25F3N4O3. The summed E-state index contributed by atoms with van der Waals surface area (Å²) < 4.78 is 41.6. The first-order valence-corrected chi connectivity index (χ1v) is 10.6. The van der Waals surface area contributed by atoms with Gasteiger partial charge in [-0.05, 0) is 36.3 Å². The van der Waals surface area contributed by atoms with E-state index in [4.69, 9.17) is 5.11 Å². The van der Waals surface area contributed by atoms with Gasteiger partial charge in [0.1, 0.15) is 0 Å². The van der Waals surface area contributed by atoms with E-state index in [1.54, 1.807) is 10.9 Å². The summed E-state index contributed by atoms with van der Waals surface area (Å²) in [6, 6.07) is 7.13. The summed E-state index contributed by atoms with van der Waals surface area (Å²) in [5.74, 6) is -2.09. The van der Waals surface area contributed by atoms with Gasteiger partial charge in [0.05, 0.1) is 6.20 Å². The van der Waals surface area contributed by atoms with Gasteiger partial charge in [-0.2, -0.15) is 18.3 Å². The molecule has 0 radical (unpaired) electrons. The molecule has 2 amide bonds. The summed E-state index contributed by atoms with van der Waals surface area (Å²) in [5.41, 5.74) is 2.82. The summed E-state index contributed by atoms with van der Waals surface area (Å²) >= 11 is 0. The second-order valence-electron chi connectivity index (χ2n) is 8.60. The number of carbonyl (C=O) groups excluding carboxylic acids is 1. The van der Waals surface area contributed by atoms with Gasteiger partial charge in [-0.1, -0.05) is 24.3 Å². The van der Waals surface area contributed by atoms with Crippen LogP contribution in [0.25, 0.3) is 11.1 Å². The molecular weight excluding hydrogens is 425 g/mol. The number of aromatic nitrogens is 2. The van der Waals surface area contributed by atoms with E-state index >= 15 is 0 Å². The van der Waals surface area contributed by atoms with Gasteiger partial charge in [0.2, 0.25) is 0 Å². The number of carboxylic acid groups (broad SMARTS) is 1. The maximum Gasteiger partial charge on any atom is 0.471 e. The Morgan fingerprint density at radius 3 is 2.34 bits per heavy atom. The maximum atomic E-state index is 13.3. The SMILES string of the molecule is Cn1cc(-c2ccc([C@@H]3C[C@H]3N(CC3CCN(C(=O)O)CC3)C(=O)C(F)(F)F)cc2)cn1. The number of nitrogens with zero attached hydrogens (tertiary/aromatic N) is 4. The zero-order valence-corrected chi connectivity index (χ0v) is 17.6. The van der Waals surface area contributed by atoms with E-state index in [1.165, 1.54) is 4.90 Å². The van der Waals surface area contributed by atoms with Crippen molar-refractivity contribution in [3.05, 3.63) is 42.2 Å². The van der Waals surface area contributed by atoms with Crippen LogP contribution in [-0.2, 0) is 11.8 Å². The Morgan fingerprint density at radius 1 is 1.16 bits per heavy atom. The molecule has 2 aliphatic rings. The van der Waals surface area contributed by atoms with E-state index in [9.17, 15) is 22.8 Å². The summed E-state index contributed by atoms with van der Waals surface area (Å²) in [5, 5.41) is 13.2. The molecule has 2 fully saturated rings. The van der Waals surface area contributed by atoms with Crippen molar-refractivity contribution < 1.29 is 27.9 Å². The number of amides is 2. The minimum absolute atomic E-state index is 0.000732. The van der Waals surface area contributed by atoms with Crippen molar-refractivity contribution in [1.29, 1.82) is 0 Å². The van der Waals surface area contributed by atoms with Crippen LogP contribution in [0.5, 0.6) is 0 Å². The monoisotopic (exact) mass is 450 g/mol. The summed E-state index contributed by atoms with van der Waals surface area (Å²) in [7, 11) is 1.82. The summed E-state index contributed by atoms with van der Waals surface area (Å²) in [6.07, 6.45) is -0.941. The molecule has 1 N–H and O–H groups in total. The Hall–Kier alpha value is -3.04. The fourth-order valence-electron chi connectivity index (χ4n) is 4.49. The van der Waals surface area contributed by atoms with Gasteiger partial charge < -0.3 is 14.9 Å². The van der Waals surface area contributed by atoms with Gasteiger partial charge >= 0.3 is 18.2 Å². The smallest absolute Gasteiger partial charge is 0.465 e. The quantitative estimate of drug-likeness (QED) is 0.753. The number of halogens is 3. The molecule has 1 aliphatic carbocycles. The largest absolute Gasteiger partial charge is 0.471 e. The molecule has 1 aliphatic heterocycles. The zero-order valence-electron chi connectivity index (χ0n) is 17.6. The molecule has 32 heavy (non-hydrogen) atoms. The normalized spacial score (nSPS) is 21.4. The molecule has 0 bridgehead atoms. The van der Waals surface area contributed by atoms with Crippen LogP contribution in [-0.4, -0.2) is 68.5 Å². The van der Waals surface area contributed by atoms with Crippen molar-refractivity contribution in [2.75, 3.05) is 19.6 Å². The molecule has 7 nitrogen and oxygen atoms in total. The number of benzene rings is 1. The average molecular weight is 450 g/mol. The predicted molar refractivity (Wildman–Crippen MR) is 110 cm³/mol. The van der Waals surface area contributed by atoms with Crippen LogP contribution in [0, 0.1) is 5.92 Å². The number of alkyl halides is 3. The maximum absolute atomic E-state index is 13.3. The number of hydrogen-bond donors (Lipinski definition) is 1. The van der Waals surface area contributed by atoms with Gasteiger partial charge in [-0.3, -0.25) is 9.48 Å². The lowest BCUT2D eigenvalue weighted by Crippen LogP contribution is -2.47. The van der Waals surface area contributed by atoms with E-state index < -0.39 is 24.2 Å². The number of hydrogen-bond acceptors (Lipinski definition) is 3. The molecule has 0 spiro atoms. The van der Waals surface area contributed by atoms with Crippen LogP contribution in [0.2, 0.25) is 0 Å². The van der Waals surface area contributed by atoms with Gasteiger partial charge in [-0.25, -0.2) is 4.79 Å². The Labute approximate surface area is 183 Å². The summed E-state index contributed by atoms with van der Waals surface area (Å²) in [4.78, 5) is 25.5. The fraction of sp³-hybridized carbons (Fsp3) is 0.500. The predicted octanol–water partition coefficient (Wildman–Crippen LogP) is 3.72. The Morgan fingerprint density at radius 2 is 1.81 bits per heavy atom. The van der Waals surface area contributed by atoms with Crippen molar-refractivity contribution in [2.45, 2.75) is 37.4 Å². The lowest BCUT2D eigenvalue weighted by molar-refractivity contribution is -0.187. The molecule has 2 aromatic rings. The van der Waals surface area contributed by atoms with Crippen molar-refractivity contribution in [3.63, 3.8) is 0 Å². The third-order valence-corrected chi connectivity index (χ3v) is 6.38. The zero-order chi connectivity index (χ0) is 23.0. The molecule has 2 atom stereocenters. The first kappa shape index (κ1) is 22.2. The van der Waals surface area contributed by atoms with Gasteiger partial charge in [-0.15, -0.1) is 0 Å². The highest BCUT2D eigenvalue weighted by molar-refractivity contribution is 5.82. The van der Waals surface area contributed by atoms with Gasteiger partial charge in [0.25, 0.3) is 0 Å². The van der Waals surface area contributed by atoms with Crippen LogP contribution in [0.1, 0.15) is 30.7 Å². The molecule has 10 heteroatoms. The highest BCUT2D eigenvalue weighted by Crippen LogP contribution is 2.46. The highest BCUT2D eigenvalue weighted by Gasteiger charge is 2.52. The number of piperidine rings is 1. The van der Waals surface area contributed by atoms with Crippen LogP contribution >= 0.6 is 0 Å². The molecule has 1 saturated heterocycles. The molecule has 0 unspecified atom stereocenters. The Kier molecular flexibility index (Phi) is 5.87. The van der Waals surface area contributed by atoms with Crippen LogP contribution in [0.4, 0.5) is 18.0 Å². The first-order chi connectivity index (χ1) is 15.1. The van der Waals surface area contributed by atoms with Gasteiger partial charge in [0.15, 0.2) is 0 Å². The van der Waals surface area contributed by atoms with Gasteiger partial charge in [0, 0.05) is 50.4 Å². The van der Waals surface area contributed by atoms with Crippen LogP contribution < -0.4 is 0 Å². The third-order valence-electron chi connectivity index (χ3n) is 6.38. The van der Waals surface area contributed by atoms with Crippen molar-refractivity contribution in [1.82, 2.24) is 19.6 Å². The molecule has 1 aromatic carbocycles. The Balaban J connectivity index is 1.44. The number of carbonyl (C=O) groups is 2. The van der Waals surface area contributed by atoms with Crippen molar-refractivity contribution >= 4 is 12.0 Å². The molecule has 1 aromatic heterocycles. The average Bonchev–Trinajstić information content (AvgIpc) is 3.43. The van der Waals surface area contributed by atoms with Crippen LogP contribution in [0.15, 0.2) is 36.7 Å². The van der Waals surface area contributed by atoms with Crippen molar-refractivity contribution in [3.8, 4) is 11.1 Å². The molecule has 2 heterocycles. The lowest BCUT2D eigenvalue weighted by atomic mass is 9.96. The molecule has 4 rings (SSSR count). The second kappa shape index (κ2) is 8.48. The molecule has 172 valence electrons. The number of likely N-dealkylation sites (tertiary alicyclic amines) is 1.